The van der Waals surface area contributed by atoms with Gasteiger partial charge in [-0.15, -0.1) is 0 Å². The number of nitrogens with zero attached hydrogens (tertiary/aromatic N) is 4. The third kappa shape index (κ3) is 3.65. The second-order valence-corrected chi connectivity index (χ2v) is 9.20. The number of anilines is 2. The van der Waals surface area contributed by atoms with Gasteiger partial charge in [-0.1, -0.05) is 12.1 Å². The first-order valence-corrected chi connectivity index (χ1v) is 11.6. The molecule has 2 aliphatic heterocycles. The molecule has 0 radical (unpaired) electrons. The molecule has 2 aliphatic rings. The second kappa shape index (κ2) is 8.21. The van der Waals surface area contributed by atoms with Crippen LogP contribution >= 0.6 is 0 Å². The Hall–Kier alpha value is -3.35. The van der Waals surface area contributed by atoms with Gasteiger partial charge < -0.3 is 19.3 Å². The average molecular weight is 449 g/mol. The molecule has 0 spiro atoms. The van der Waals surface area contributed by atoms with Crippen molar-refractivity contribution in [3.05, 3.63) is 59.5 Å². The Bertz CT molecular complexity index is 1250. The maximum atomic E-state index is 14.2. The smallest absolute Gasteiger partial charge is 0.272 e. The summed E-state index contributed by atoms with van der Waals surface area (Å²) < 4.78 is 16.0. The SMILES string of the molecule is Cc1cccc(N2CCN(C(=O)c3c(N4CCCC4=O)c4cc(F)ccc4n3C)CC2C)c1. The highest BCUT2D eigenvalue weighted by atomic mass is 19.1. The molecule has 172 valence electrons. The number of piperazine rings is 1. The minimum absolute atomic E-state index is 0.0153. The molecule has 2 amide bonds. The highest BCUT2D eigenvalue weighted by molar-refractivity contribution is 6.14. The van der Waals surface area contributed by atoms with Crippen molar-refractivity contribution in [1.29, 1.82) is 0 Å². The van der Waals surface area contributed by atoms with Gasteiger partial charge in [-0.25, -0.2) is 4.39 Å². The van der Waals surface area contributed by atoms with E-state index in [4.69, 9.17) is 0 Å². The van der Waals surface area contributed by atoms with Crippen molar-refractivity contribution in [2.45, 2.75) is 32.7 Å². The summed E-state index contributed by atoms with van der Waals surface area (Å²) in [7, 11) is 1.82. The van der Waals surface area contributed by atoms with Crippen molar-refractivity contribution in [1.82, 2.24) is 9.47 Å². The van der Waals surface area contributed by atoms with Gasteiger partial charge in [-0.2, -0.15) is 0 Å². The van der Waals surface area contributed by atoms with Crippen LogP contribution in [0.15, 0.2) is 42.5 Å². The molecule has 7 heteroatoms. The largest absolute Gasteiger partial charge is 0.365 e. The lowest BCUT2D eigenvalue weighted by atomic mass is 10.1. The molecule has 5 rings (SSSR count). The fourth-order valence-corrected chi connectivity index (χ4v) is 5.28. The third-order valence-electron chi connectivity index (χ3n) is 6.93. The number of benzene rings is 2. The molecule has 0 aliphatic carbocycles. The fraction of sp³-hybridized carbons (Fsp3) is 0.385. The van der Waals surface area contributed by atoms with Crippen LogP contribution in [0.5, 0.6) is 0 Å². The number of rotatable bonds is 3. The van der Waals surface area contributed by atoms with Crippen molar-refractivity contribution in [2.75, 3.05) is 36.0 Å². The topological polar surface area (TPSA) is 48.8 Å². The molecule has 0 bridgehead atoms. The van der Waals surface area contributed by atoms with Crippen LogP contribution < -0.4 is 9.80 Å². The molecule has 1 unspecified atom stereocenters. The molecular formula is C26H29FN4O2. The molecule has 3 aromatic rings. The summed E-state index contributed by atoms with van der Waals surface area (Å²) in [4.78, 5) is 32.4. The van der Waals surface area contributed by atoms with Crippen LogP contribution in [0.25, 0.3) is 10.9 Å². The molecule has 6 nitrogen and oxygen atoms in total. The zero-order valence-corrected chi connectivity index (χ0v) is 19.3. The van der Waals surface area contributed by atoms with E-state index in [0.717, 1.165) is 24.2 Å². The van der Waals surface area contributed by atoms with E-state index >= 15 is 0 Å². The van der Waals surface area contributed by atoms with Crippen LogP contribution in [-0.4, -0.2) is 53.5 Å². The summed E-state index contributed by atoms with van der Waals surface area (Å²) in [5.41, 5.74) is 4.13. The van der Waals surface area contributed by atoms with Gasteiger partial charge >= 0.3 is 0 Å². The van der Waals surface area contributed by atoms with Crippen molar-refractivity contribution < 1.29 is 14.0 Å². The van der Waals surface area contributed by atoms with Gasteiger partial charge in [-0.3, -0.25) is 9.59 Å². The van der Waals surface area contributed by atoms with E-state index in [9.17, 15) is 14.0 Å². The highest BCUT2D eigenvalue weighted by Gasteiger charge is 2.35. The van der Waals surface area contributed by atoms with E-state index in [1.165, 1.54) is 17.7 Å². The summed E-state index contributed by atoms with van der Waals surface area (Å²) in [5, 5.41) is 0.613. The van der Waals surface area contributed by atoms with E-state index in [-0.39, 0.29) is 23.7 Å². The van der Waals surface area contributed by atoms with Crippen LogP contribution in [0.2, 0.25) is 0 Å². The molecule has 3 heterocycles. The number of aromatic nitrogens is 1. The summed E-state index contributed by atoms with van der Waals surface area (Å²) in [6.45, 7) is 6.65. The molecule has 2 saturated heterocycles. The normalized spacial score (nSPS) is 19.1. The Morgan fingerprint density at radius 2 is 1.91 bits per heavy atom. The number of hydrogen-bond donors (Lipinski definition) is 0. The van der Waals surface area contributed by atoms with Crippen LogP contribution in [0.1, 0.15) is 35.8 Å². The zero-order valence-electron chi connectivity index (χ0n) is 19.3. The predicted octanol–water partition coefficient (Wildman–Crippen LogP) is 4.10. The number of carbonyl (C=O) groups excluding carboxylic acids is 2. The lowest BCUT2D eigenvalue weighted by Crippen LogP contribution is -2.54. The van der Waals surface area contributed by atoms with E-state index < -0.39 is 0 Å². The Morgan fingerprint density at radius 1 is 1.09 bits per heavy atom. The van der Waals surface area contributed by atoms with Crippen molar-refractivity contribution in [3.63, 3.8) is 0 Å². The first-order chi connectivity index (χ1) is 15.8. The molecule has 0 saturated carbocycles. The fourth-order valence-electron chi connectivity index (χ4n) is 5.28. The van der Waals surface area contributed by atoms with Gasteiger partial charge in [0.15, 0.2) is 0 Å². The minimum Gasteiger partial charge on any atom is -0.365 e. The van der Waals surface area contributed by atoms with Gasteiger partial charge in [0, 0.05) is 56.8 Å². The maximum Gasteiger partial charge on any atom is 0.272 e. The maximum absolute atomic E-state index is 14.2. The number of fused-ring (bicyclic) bond motifs is 1. The molecule has 0 N–H and O–H groups in total. The predicted molar refractivity (Wildman–Crippen MR) is 128 cm³/mol. The molecule has 2 fully saturated rings. The van der Waals surface area contributed by atoms with Gasteiger partial charge in [0.1, 0.15) is 11.5 Å². The zero-order chi connectivity index (χ0) is 23.3. The monoisotopic (exact) mass is 448 g/mol. The van der Waals surface area contributed by atoms with E-state index in [1.54, 1.807) is 11.0 Å². The molecule has 2 aromatic carbocycles. The Labute approximate surface area is 193 Å². The summed E-state index contributed by atoms with van der Waals surface area (Å²) in [5.74, 6) is -0.501. The van der Waals surface area contributed by atoms with Crippen molar-refractivity contribution in [2.24, 2.45) is 7.05 Å². The summed E-state index contributed by atoms with van der Waals surface area (Å²) in [6, 6.07) is 13.1. The Morgan fingerprint density at radius 3 is 2.61 bits per heavy atom. The van der Waals surface area contributed by atoms with E-state index in [0.29, 0.717) is 42.8 Å². The van der Waals surface area contributed by atoms with Crippen molar-refractivity contribution in [3.8, 4) is 0 Å². The summed E-state index contributed by atoms with van der Waals surface area (Å²) >= 11 is 0. The molecule has 33 heavy (non-hydrogen) atoms. The van der Waals surface area contributed by atoms with E-state index in [1.807, 2.05) is 16.5 Å². The number of aryl methyl sites for hydroxylation is 2. The third-order valence-corrected chi connectivity index (χ3v) is 6.93. The van der Waals surface area contributed by atoms with Crippen LogP contribution in [-0.2, 0) is 11.8 Å². The molecule has 1 atom stereocenters. The highest BCUT2D eigenvalue weighted by Crippen LogP contribution is 2.37. The molecule has 1 aromatic heterocycles. The Kier molecular flexibility index (Phi) is 5.35. The van der Waals surface area contributed by atoms with Gasteiger partial charge in [-0.05, 0) is 56.2 Å². The number of amides is 2. The quantitative estimate of drug-likeness (QED) is 0.606. The number of halogens is 1. The second-order valence-electron chi connectivity index (χ2n) is 9.20. The average Bonchev–Trinajstić information content (AvgIpc) is 3.33. The first-order valence-electron chi connectivity index (χ1n) is 11.6. The van der Waals surface area contributed by atoms with Crippen LogP contribution in [0.4, 0.5) is 15.8 Å². The van der Waals surface area contributed by atoms with Gasteiger partial charge in [0.25, 0.3) is 5.91 Å². The Balaban J connectivity index is 1.50. The van der Waals surface area contributed by atoms with Crippen molar-refractivity contribution >= 4 is 34.1 Å². The van der Waals surface area contributed by atoms with Crippen LogP contribution in [0.3, 0.4) is 0 Å². The standard InChI is InChI=1S/C26H29FN4O2/c1-17-6-4-7-20(14-17)30-13-12-29(16-18(30)2)26(33)25-24(31-11-5-8-23(31)32)21-15-19(27)9-10-22(21)28(25)3/h4,6-7,9-10,14-15,18H,5,8,11-13,16H2,1-3H3. The number of carbonyl (C=O) groups is 2. The first kappa shape index (κ1) is 21.5. The van der Waals surface area contributed by atoms with Crippen LogP contribution in [0, 0.1) is 12.7 Å². The van der Waals surface area contributed by atoms with Gasteiger partial charge in [0.2, 0.25) is 5.91 Å². The lowest BCUT2D eigenvalue weighted by Gasteiger charge is -2.41. The molecular weight excluding hydrogens is 419 g/mol. The minimum atomic E-state index is -0.375. The lowest BCUT2D eigenvalue weighted by molar-refractivity contribution is -0.117. The summed E-state index contributed by atoms with van der Waals surface area (Å²) in [6.07, 6.45) is 1.19. The van der Waals surface area contributed by atoms with E-state index in [2.05, 4.69) is 43.0 Å². The van der Waals surface area contributed by atoms with Gasteiger partial charge in [0.05, 0.1) is 11.2 Å². The number of hydrogen-bond acceptors (Lipinski definition) is 3.